The molecule has 0 aliphatic carbocycles. The smallest absolute Gasteiger partial charge is 0.324 e. The van der Waals surface area contributed by atoms with Crippen LogP contribution in [-0.2, 0) is 0 Å². The zero-order chi connectivity index (χ0) is 13.7. The van der Waals surface area contributed by atoms with Crippen molar-refractivity contribution in [1.82, 2.24) is 4.98 Å². The molecule has 1 aromatic carbocycles. The Balaban J connectivity index is 1.95. The number of halogens is 1. The Morgan fingerprint density at radius 1 is 1.16 bits per heavy atom. The van der Waals surface area contributed by atoms with Crippen molar-refractivity contribution in [3.63, 3.8) is 0 Å². The lowest BCUT2D eigenvalue weighted by Gasteiger charge is -2.07. The third-order valence-corrected chi connectivity index (χ3v) is 2.54. The van der Waals surface area contributed by atoms with E-state index >= 15 is 0 Å². The Labute approximate surface area is 115 Å². The van der Waals surface area contributed by atoms with Crippen LogP contribution >= 0.6 is 11.6 Å². The molecule has 2 aromatic rings. The van der Waals surface area contributed by atoms with E-state index in [0.717, 1.165) is 5.75 Å². The molecule has 0 aliphatic heterocycles. The van der Waals surface area contributed by atoms with Gasteiger partial charge in [-0.3, -0.25) is 5.32 Å². The standard InChI is InChI=1S/C13H12ClN3O2/c1-19-11-5-3-10(4-6-11)16-13(18)17-12-7-2-9(14)8-15-12/h2-8H,1H3,(H2,15,16,17,18). The van der Waals surface area contributed by atoms with Crippen LogP contribution in [0.25, 0.3) is 0 Å². The monoisotopic (exact) mass is 277 g/mol. The summed E-state index contributed by atoms with van der Waals surface area (Å²) in [6.07, 6.45) is 1.46. The number of benzene rings is 1. The zero-order valence-electron chi connectivity index (χ0n) is 10.2. The molecule has 0 saturated heterocycles. The molecule has 0 bridgehead atoms. The van der Waals surface area contributed by atoms with Crippen LogP contribution in [0.15, 0.2) is 42.6 Å². The van der Waals surface area contributed by atoms with E-state index in [1.54, 1.807) is 43.5 Å². The van der Waals surface area contributed by atoms with Crippen molar-refractivity contribution < 1.29 is 9.53 Å². The molecule has 2 amide bonds. The van der Waals surface area contributed by atoms with Crippen molar-refractivity contribution in [3.8, 4) is 5.75 Å². The Kier molecular flexibility index (Phi) is 4.20. The van der Waals surface area contributed by atoms with Crippen molar-refractivity contribution in [2.75, 3.05) is 17.7 Å². The lowest BCUT2D eigenvalue weighted by Crippen LogP contribution is -2.19. The van der Waals surface area contributed by atoms with Crippen LogP contribution in [0.3, 0.4) is 0 Å². The number of carbonyl (C=O) groups excluding carboxylic acids is 1. The minimum Gasteiger partial charge on any atom is -0.497 e. The Hall–Kier alpha value is -2.27. The molecular formula is C13H12ClN3O2. The van der Waals surface area contributed by atoms with Crippen LogP contribution in [0.1, 0.15) is 0 Å². The number of pyridine rings is 1. The maximum absolute atomic E-state index is 11.7. The summed E-state index contributed by atoms with van der Waals surface area (Å²) in [6.45, 7) is 0. The number of ether oxygens (including phenoxy) is 1. The summed E-state index contributed by atoms with van der Waals surface area (Å²) in [4.78, 5) is 15.7. The number of aromatic nitrogens is 1. The van der Waals surface area contributed by atoms with Gasteiger partial charge in [0.25, 0.3) is 0 Å². The molecule has 0 saturated carbocycles. The van der Waals surface area contributed by atoms with Gasteiger partial charge in [-0.2, -0.15) is 0 Å². The topological polar surface area (TPSA) is 63.2 Å². The van der Waals surface area contributed by atoms with Gasteiger partial charge in [0.1, 0.15) is 11.6 Å². The number of methoxy groups -OCH3 is 1. The number of rotatable bonds is 3. The minimum atomic E-state index is -0.375. The Morgan fingerprint density at radius 3 is 2.47 bits per heavy atom. The average molecular weight is 278 g/mol. The highest BCUT2D eigenvalue weighted by Gasteiger charge is 2.03. The lowest BCUT2D eigenvalue weighted by atomic mass is 10.3. The summed E-state index contributed by atoms with van der Waals surface area (Å²) in [5, 5.41) is 5.79. The van der Waals surface area contributed by atoms with Gasteiger partial charge in [-0.25, -0.2) is 9.78 Å². The molecule has 1 aromatic heterocycles. The molecule has 98 valence electrons. The van der Waals surface area contributed by atoms with Gasteiger partial charge in [-0.1, -0.05) is 11.6 Å². The molecule has 0 aliphatic rings. The number of hydrogen-bond acceptors (Lipinski definition) is 3. The van der Waals surface area contributed by atoms with E-state index in [1.165, 1.54) is 6.20 Å². The highest BCUT2D eigenvalue weighted by atomic mass is 35.5. The van der Waals surface area contributed by atoms with Gasteiger partial charge in [-0.05, 0) is 36.4 Å². The van der Waals surface area contributed by atoms with Gasteiger partial charge in [0, 0.05) is 11.9 Å². The molecule has 0 radical (unpaired) electrons. The predicted molar refractivity (Wildman–Crippen MR) is 74.9 cm³/mol. The maximum atomic E-state index is 11.7. The molecule has 1 heterocycles. The first kappa shape index (κ1) is 13.2. The molecule has 0 fully saturated rings. The number of hydrogen-bond donors (Lipinski definition) is 2. The first-order valence-corrected chi connectivity index (χ1v) is 5.89. The number of nitrogens with zero attached hydrogens (tertiary/aromatic N) is 1. The largest absolute Gasteiger partial charge is 0.497 e. The van der Waals surface area contributed by atoms with Crippen molar-refractivity contribution in [3.05, 3.63) is 47.6 Å². The summed E-state index contributed by atoms with van der Waals surface area (Å²) in [5.74, 6) is 1.15. The SMILES string of the molecule is COc1ccc(NC(=O)Nc2ccc(Cl)cn2)cc1. The number of urea groups is 1. The summed E-state index contributed by atoms with van der Waals surface area (Å²) in [6, 6.07) is 9.90. The van der Waals surface area contributed by atoms with Crippen molar-refractivity contribution in [1.29, 1.82) is 0 Å². The lowest BCUT2D eigenvalue weighted by molar-refractivity contribution is 0.262. The Bertz CT molecular complexity index is 555. The van der Waals surface area contributed by atoms with Gasteiger partial charge >= 0.3 is 6.03 Å². The fourth-order valence-electron chi connectivity index (χ4n) is 1.40. The Morgan fingerprint density at radius 2 is 1.89 bits per heavy atom. The molecule has 2 N–H and O–H groups in total. The fourth-order valence-corrected chi connectivity index (χ4v) is 1.51. The van der Waals surface area contributed by atoms with E-state index in [4.69, 9.17) is 16.3 Å². The number of carbonyl (C=O) groups is 1. The molecule has 19 heavy (non-hydrogen) atoms. The second-order valence-electron chi connectivity index (χ2n) is 3.67. The highest BCUT2D eigenvalue weighted by molar-refractivity contribution is 6.30. The van der Waals surface area contributed by atoms with Gasteiger partial charge in [-0.15, -0.1) is 0 Å². The highest BCUT2D eigenvalue weighted by Crippen LogP contribution is 2.15. The van der Waals surface area contributed by atoms with E-state index in [-0.39, 0.29) is 6.03 Å². The summed E-state index contributed by atoms with van der Waals surface area (Å²) < 4.78 is 5.03. The molecule has 5 nitrogen and oxygen atoms in total. The number of anilines is 2. The van der Waals surface area contributed by atoms with Crippen molar-refractivity contribution >= 4 is 29.1 Å². The van der Waals surface area contributed by atoms with E-state index < -0.39 is 0 Å². The average Bonchev–Trinajstić information content (AvgIpc) is 2.42. The molecule has 6 heteroatoms. The van der Waals surface area contributed by atoms with Crippen LogP contribution < -0.4 is 15.4 Å². The van der Waals surface area contributed by atoms with Crippen LogP contribution in [0, 0.1) is 0 Å². The van der Waals surface area contributed by atoms with Crippen LogP contribution in [0.5, 0.6) is 5.75 Å². The number of amides is 2. The normalized spacial score (nSPS) is 9.79. The van der Waals surface area contributed by atoms with E-state index in [1.807, 2.05) is 0 Å². The van der Waals surface area contributed by atoms with Gasteiger partial charge in [0.15, 0.2) is 0 Å². The van der Waals surface area contributed by atoms with Gasteiger partial charge in [0.05, 0.1) is 12.1 Å². The molecule has 2 rings (SSSR count). The summed E-state index contributed by atoms with van der Waals surface area (Å²) >= 11 is 5.70. The predicted octanol–water partition coefficient (Wildman–Crippen LogP) is 3.39. The molecule has 0 atom stereocenters. The van der Waals surface area contributed by atoms with E-state index in [9.17, 15) is 4.79 Å². The minimum absolute atomic E-state index is 0.375. The second-order valence-corrected chi connectivity index (χ2v) is 4.11. The molecule has 0 unspecified atom stereocenters. The third-order valence-electron chi connectivity index (χ3n) is 2.32. The van der Waals surface area contributed by atoms with Gasteiger partial charge in [0.2, 0.25) is 0 Å². The summed E-state index contributed by atoms with van der Waals surface area (Å²) in [5.41, 5.74) is 0.660. The molecule has 0 spiro atoms. The number of nitrogens with one attached hydrogen (secondary N) is 2. The zero-order valence-corrected chi connectivity index (χ0v) is 10.9. The van der Waals surface area contributed by atoms with E-state index in [0.29, 0.717) is 16.5 Å². The fraction of sp³-hybridized carbons (Fsp3) is 0.0769. The van der Waals surface area contributed by atoms with Crippen molar-refractivity contribution in [2.24, 2.45) is 0 Å². The quantitative estimate of drug-likeness (QED) is 0.904. The van der Waals surface area contributed by atoms with E-state index in [2.05, 4.69) is 15.6 Å². The second kappa shape index (κ2) is 6.06. The van der Waals surface area contributed by atoms with Crippen LogP contribution in [0.4, 0.5) is 16.3 Å². The van der Waals surface area contributed by atoms with Crippen molar-refractivity contribution in [2.45, 2.75) is 0 Å². The summed E-state index contributed by atoms with van der Waals surface area (Å²) in [7, 11) is 1.58. The van der Waals surface area contributed by atoms with Crippen LogP contribution in [-0.4, -0.2) is 18.1 Å². The first-order valence-electron chi connectivity index (χ1n) is 5.51. The first-order chi connectivity index (χ1) is 9.17. The van der Waals surface area contributed by atoms with Gasteiger partial charge < -0.3 is 10.1 Å². The maximum Gasteiger partial charge on any atom is 0.324 e. The molecular weight excluding hydrogens is 266 g/mol. The third kappa shape index (κ3) is 3.86. The van der Waals surface area contributed by atoms with Crippen LogP contribution in [0.2, 0.25) is 5.02 Å².